The molecule has 7 heteroatoms. The number of hydrogen-bond acceptors (Lipinski definition) is 6. The molecule has 0 saturated carbocycles. The lowest BCUT2D eigenvalue weighted by Gasteiger charge is -2.18. The smallest absolute Gasteiger partial charge is 0.257 e. The summed E-state index contributed by atoms with van der Waals surface area (Å²) >= 11 is 1.35. The van der Waals surface area contributed by atoms with E-state index in [2.05, 4.69) is 10.3 Å². The normalized spacial score (nSPS) is 14.6. The standard InChI is InChI=1S/C14H15N3O3S/c1-8(15)10-7-21-14(16-10)17-13(18)9-2-3-11-12(6-9)20-5-4-19-11/h2-3,6-8H,4-5,15H2,1H3,(H,16,17,18). The molecular formula is C14H15N3O3S. The van der Waals surface area contributed by atoms with Crippen molar-refractivity contribution < 1.29 is 14.3 Å². The van der Waals surface area contributed by atoms with Crippen molar-refractivity contribution in [1.82, 2.24) is 4.98 Å². The van der Waals surface area contributed by atoms with Gasteiger partial charge in [-0.25, -0.2) is 4.98 Å². The van der Waals surface area contributed by atoms with Gasteiger partial charge in [-0.05, 0) is 25.1 Å². The number of anilines is 1. The number of rotatable bonds is 3. The molecule has 3 N–H and O–H groups in total. The number of ether oxygens (including phenoxy) is 2. The highest BCUT2D eigenvalue weighted by Crippen LogP contribution is 2.31. The zero-order chi connectivity index (χ0) is 14.8. The van der Waals surface area contributed by atoms with E-state index in [-0.39, 0.29) is 11.9 Å². The fraction of sp³-hybridized carbons (Fsp3) is 0.286. The molecule has 0 aliphatic carbocycles. The molecule has 1 aliphatic heterocycles. The van der Waals surface area contributed by atoms with Crippen molar-refractivity contribution in [1.29, 1.82) is 0 Å². The first kappa shape index (κ1) is 13.8. The van der Waals surface area contributed by atoms with Crippen molar-refractivity contribution in [3.63, 3.8) is 0 Å². The van der Waals surface area contributed by atoms with Crippen molar-refractivity contribution in [3.05, 3.63) is 34.8 Å². The zero-order valence-corrected chi connectivity index (χ0v) is 12.3. The maximum absolute atomic E-state index is 12.2. The minimum Gasteiger partial charge on any atom is -0.486 e. The van der Waals surface area contributed by atoms with Gasteiger partial charge in [0.1, 0.15) is 13.2 Å². The summed E-state index contributed by atoms with van der Waals surface area (Å²) in [6.45, 7) is 2.86. The Kier molecular flexibility index (Phi) is 3.76. The quantitative estimate of drug-likeness (QED) is 0.907. The number of fused-ring (bicyclic) bond motifs is 1. The molecular weight excluding hydrogens is 290 g/mol. The van der Waals surface area contributed by atoms with E-state index in [9.17, 15) is 4.79 Å². The number of thiazole rings is 1. The van der Waals surface area contributed by atoms with Crippen molar-refractivity contribution in [2.24, 2.45) is 5.73 Å². The van der Waals surface area contributed by atoms with Gasteiger partial charge in [0.25, 0.3) is 5.91 Å². The highest BCUT2D eigenvalue weighted by atomic mass is 32.1. The maximum atomic E-state index is 12.2. The monoisotopic (exact) mass is 305 g/mol. The first-order chi connectivity index (χ1) is 10.1. The predicted octanol–water partition coefficient (Wildman–Crippen LogP) is 2.19. The van der Waals surface area contributed by atoms with Crippen LogP contribution in [0.3, 0.4) is 0 Å². The number of aromatic nitrogens is 1. The van der Waals surface area contributed by atoms with Crippen LogP contribution >= 0.6 is 11.3 Å². The molecule has 6 nitrogen and oxygen atoms in total. The van der Waals surface area contributed by atoms with Gasteiger partial charge >= 0.3 is 0 Å². The second-order valence-electron chi connectivity index (χ2n) is 4.68. The largest absolute Gasteiger partial charge is 0.486 e. The first-order valence-electron chi connectivity index (χ1n) is 6.55. The highest BCUT2D eigenvalue weighted by Gasteiger charge is 2.16. The van der Waals surface area contributed by atoms with Crippen LogP contribution in [0.15, 0.2) is 23.6 Å². The van der Waals surface area contributed by atoms with E-state index in [4.69, 9.17) is 15.2 Å². The average molecular weight is 305 g/mol. The predicted molar refractivity (Wildman–Crippen MR) is 80.1 cm³/mol. The Morgan fingerprint density at radius 2 is 2.14 bits per heavy atom. The van der Waals surface area contributed by atoms with Gasteiger partial charge in [-0.15, -0.1) is 11.3 Å². The number of benzene rings is 1. The lowest BCUT2D eigenvalue weighted by Crippen LogP contribution is -2.17. The van der Waals surface area contributed by atoms with Crippen molar-refractivity contribution in [2.75, 3.05) is 18.5 Å². The molecule has 110 valence electrons. The molecule has 0 fully saturated rings. The van der Waals surface area contributed by atoms with Crippen LogP contribution < -0.4 is 20.5 Å². The van der Waals surface area contributed by atoms with Crippen LogP contribution in [0.2, 0.25) is 0 Å². The van der Waals surface area contributed by atoms with Gasteiger partial charge in [0.15, 0.2) is 16.6 Å². The summed E-state index contributed by atoms with van der Waals surface area (Å²) in [5.74, 6) is 1.01. The summed E-state index contributed by atoms with van der Waals surface area (Å²) in [6, 6.07) is 4.95. The SMILES string of the molecule is CC(N)c1csc(NC(=O)c2ccc3c(c2)OCCO3)n1. The molecule has 21 heavy (non-hydrogen) atoms. The van der Waals surface area contributed by atoms with Crippen molar-refractivity contribution in [2.45, 2.75) is 13.0 Å². The van der Waals surface area contributed by atoms with E-state index in [1.807, 2.05) is 12.3 Å². The molecule has 0 bridgehead atoms. The lowest BCUT2D eigenvalue weighted by molar-refractivity contribution is 0.102. The highest BCUT2D eigenvalue weighted by molar-refractivity contribution is 7.14. The molecule has 0 spiro atoms. The Labute approximate surface area is 125 Å². The topological polar surface area (TPSA) is 86.5 Å². The molecule has 1 atom stereocenters. The molecule has 3 rings (SSSR count). The average Bonchev–Trinajstić information content (AvgIpc) is 2.95. The molecule has 0 radical (unpaired) electrons. The number of amides is 1. The second kappa shape index (κ2) is 5.71. The van der Waals surface area contributed by atoms with Crippen LogP contribution in [0.25, 0.3) is 0 Å². The minimum absolute atomic E-state index is 0.152. The van der Waals surface area contributed by atoms with Gasteiger partial charge < -0.3 is 15.2 Å². The number of hydrogen-bond donors (Lipinski definition) is 2. The summed E-state index contributed by atoms with van der Waals surface area (Å²) in [6.07, 6.45) is 0. The van der Waals surface area contributed by atoms with Crippen LogP contribution in [0.5, 0.6) is 11.5 Å². The minimum atomic E-state index is -0.238. The first-order valence-corrected chi connectivity index (χ1v) is 7.43. The van der Waals surface area contributed by atoms with Gasteiger partial charge in [-0.3, -0.25) is 10.1 Å². The molecule has 1 unspecified atom stereocenters. The van der Waals surface area contributed by atoms with Crippen LogP contribution in [-0.4, -0.2) is 24.1 Å². The number of nitrogens with one attached hydrogen (secondary N) is 1. The van der Waals surface area contributed by atoms with Crippen LogP contribution in [-0.2, 0) is 0 Å². The fourth-order valence-electron chi connectivity index (χ4n) is 1.91. The van der Waals surface area contributed by atoms with Gasteiger partial charge in [-0.1, -0.05) is 0 Å². The summed E-state index contributed by atoms with van der Waals surface area (Å²) < 4.78 is 10.9. The summed E-state index contributed by atoms with van der Waals surface area (Å²) in [5.41, 5.74) is 7.00. The fourth-order valence-corrected chi connectivity index (χ4v) is 2.72. The molecule has 1 aliphatic rings. The third kappa shape index (κ3) is 2.98. The van der Waals surface area contributed by atoms with Crippen molar-refractivity contribution >= 4 is 22.4 Å². The molecule has 0 saturated heterocycles. The van der Waals surface area contributed by atoms with Gasteiger partial charge in [-0.2, -0.15) is 0 Å². The summed E-state index contributed by atoms with van der Waals surface area (Å²) in [7, 11) is 0. The maximum Gasteiger partial charge on any atom is 0.257 e. The van der Waals surface area contributed by atoms with E-state index in [1.165, 1.54) is 11.3 Å². The van der Waals surface area contributed by atoms with Crippen LogP contribution in [0.1, 0.15) is 29.0 Å². The molecule has 1 amide bonds. The van der Waals surface area contributed by atoms with E-state index in [0.717, 1.165) is 5.69 Å². The third-order valence-corrected chi connectivity index (χ3v) is 3.79. The Morgan fingerprint density at radius 1 is 1.38 bits per heavy atom. The Balaban J connectivity index is 1.75. The molecule has 1 aromatic carbocycles. The Bertz CT molecular complexity index is 669. The van der Waals surface area contributed by atoms with Crippen molar-refractivity contribution in [3.8, 4) is 11.5 Å². The van der Waals surface area contributed by atoms with Gasteiger partial charge in [0.05, 0.1) is 5.69 Å². The number of nitrogens with two attached hydrogens (primary N) is 1. The van der Waals surface area contributed by atoms with Crippen LogP contribution in [0.4, 0.5) is 5.13 Å². The van der Waals surface area contributed by atoms with E-state index >= 15 is 0 Å². The van der Waals surface area contributed by atoms with E-state index in [0.29, 0.717) is 35.4 Å². The second-order valence-corrected chi connectivity index (χ2v) is 5.54. The number of carbonyl (C=O) groups excluding carboxylic acids is 1. The van der Waals surface area contributed by atoms with E-state index < -0.39 is 0 Å². The van der Waals surface area contributed by atoms with Crippen LogP contribution in [0, 0.1) is 0 Å². The molecule has 1 aromatic heterocycles. The Morgan fingerprint density at radius 3 is 2.86 bits per heavy atom. The zero-order valence-electron chi connectivity index (χ0n) is 11.5. The summed E-state index contributed by atoms with van der Waals surface area (Å²) in [4.78, 5) is 16.5. The Hall–Kier alpha value is -2.12. The number of nitrogens with zero attached hydrogens (tertiary/aromatic N) is 1. The molecule has 2 aromatic rings. The molecule has 2 heterocycles. The lowest BCUT2D eigenvalue weighted by atomic mass is 10.2. The number of carbonyl (C=O) groups is 1. The third-order valence-electron chi connectivity index (χ3n) is 3.01. The summed E-state index contributed by atoms with van der Waals surface area (Å²) in [5, 5.41) is 5.12. The van der Waals surface area contributed by atoms with E-state index in [1.54, 1.807) is 18.2 Å². The van der Waals surface area contributed by atoms with Gasteiger partial charge in [0.2, 0.25) is 0 Å². The van der Waals surface area contributed by atoms with Gasteiger partial charge in [0, 0.05) is 17.0 Å².